The van der Waals surface area contributed by atoms with E-state index in [0.29, 0.717) is 101 Å². The predicted octanol–water partition coefficient (Wildman–Crippen LogP) is 2.73. The number of aryl methyl sites for hydroxylation is 2. The van der Waals surface area contributed by atoms with Gasteiger partial charge in [-0.25, -0.2) is 15.8 Å². The van der Waals surface area contributed by atoms with Crippen LogP contribution in [0.1, 0.15) is 64.1 Å². The van der Waals surface area contributed by atoms with Crippen LogP contribution in [0.4, 0.5) is 11.9 Å². The van der Waals surface area contributed by atoms with Crippen molar-refractivity contribution in [2.45, 2.75) is 66.1 Å². The quantitative estimate of drug-likeness (QED) is 0.00904. The molecule has 21 nitrogen and oxygen atoms in total. The Morgan fingerprint density at radius 2 is 1.63 bits per heavy atom. The SMILES string of the molecule is CCN=C(/C=C(/C)N)C1OC1Nc1nc2cc(C(=O)NN)cc(OCCCN3CCOCC3)c2n1C/C=C/Cn1c(NC(=O)c2cc(C)nn2CC)nc2cc(C(=O)CN)cc(OC)c21. The van der Waals surface area contributed by atoms with Crippen molar-refractivity contribution in [1.82, 2.24) is 39.2 Å². The second-order valence-electron chi connectivity index (χ2n) is 15.6. The number of nitrogen functional groups attached to an aromatic ring is 1. The number of rotatable bonds is 21. The first kappa shape index (κ1) is 46.3. The molecule has 5 aromatic rings. The summed E-state index contributed by atoms with van der Waals surface area (Å²) >= 11 is 0. The Kier molecular flexibility index (Phi) is 14.9. The highest BCUT2D eigenvalue weighted by Gasteiger charge is 2.43. The number of epoxide rings is 1. The van der Waals surface area contributed by atoms with Gasteiger partial charge in [-0.15, -0.1) is 0 Å². The first-order valence-electron chi connectivity index (χ1n) is 21.7. The number of aliphatic imine (C=N–C) groups is 1. The lowest BCUT2D eigenvalue weighted by molar-refractivity contribution is 0.0358. The molecular formula is C44H58N14O7. The lowest BCUT2D eigenvalue weighted by Gasteiger charge is -2.26. The summed E-state index contributed by atoms with van der Waals surface area (Å²) in [5, 5.41) is 10.8. The number of morpholine rings is 1. The Bertz CT molecular complexity index is 2630. The third-order valence-electron chi connectivity index (χ3n) is 10.9. The number of carbonyl (C=O) groups is 3. The first-order valence-corrected chi connectivity index (χ1v) is 21.7. The van der Waals surface area contributed by atoms with Crippen molar-refractivity contribution < 1.29 is 33.3 Å². The number of ether oxygens (including phenoxy) is 4. The molecule has 21 heteroatoms. The van der Waals surface area contributed by atoms with E-state index in [-0.39, 0.29) is 43.0 Å². The average Bonchev–Trinajstić information content (AvgIpc) is 3.63. The summed E-state index contributed by atoms with van der Waals surface area (Å²) in [5.41, 5.74) is 19.1. The fourth-order valence-electron chi connectivity index (χ4n) is 7.78. The molecule has 0 aliphatic carbocycles. The fourth-order valence-corrected chi connectivity index (χ4v) is 7.78. The van der Waals surface area contributed by atoms with Crippen LogP contribution in [-0.2, 0) is 29.1 Å². The third-order valence-corrected chi connectivity index (χ3v) is 10.9. The van der Waals surface area contributed by atoms with Gasteiger partial charge in [0.15, 0.2) is 12.0 Å². The zero-order valence-corrected chi connectivity index (χ0v) is 37.4. The van der Waals surface area contributed by atoms with E-state index in [0.717, 1.165) is 26.1 Å². The molecule has 0 saturated carbocycles. The number of nitrogens with zero attached hydrogens (tertiary/aromatic N) is 8. The Morgan fingerprint density at radius 1 is 0.954 bits per heavy atom. The topological polar surface area (TPSA) is 275 Å². The highest BCUT2D eigenvalue weighted by Crippen LogP contribution is 2.35. The Morgan fingerprint density at radius 3 is 2.29 bits per heavy atom. The predicted molar refractivity (Wildman–Crippen MR) is 246 cm³/mol. The van der Waals surface area contributed by atoms with Crippen molar-refractivity contribution in [1.29, 1.82) is 0 Å². The van der Waals surface area contributed by atoms with E-state index in [1.165, 1.54) is 7.11 Å². The number of methoxy groups -OCH3 is 1. The molecule has 2 aromatic carbocycles. The summed E-state index contributed by atoms with van der Waals surface area (Å²) in [6.45, 7) is 13.1. The number of hydrogen-bond donors (Lipinski definition) is 6. The highest BCUT2D eigenvalue weighted by atomic mass is 16.6. The van der Waals surface area contributed by atoms with E-state index in [1.807, 2.05) is 37.5 Å². The third kappa shape index (κ3) is 10.7. The van der Waals surface area contributed by atoms with Gasteiger partial charge in [-0.1, -0.05) is 12.2 Å². The van der Waals surface area contributed by atoms with Gasteiger partial charge in [0.25, 0.3) is 11.8 Å². The minimum Gasteiger partial charge on any atom is -0.494 e. The van der Waals surface area contributed by atoms with Crippen molar-refractivity contribution in [3.8, 4) is 11.5 Å². The second-order valence-corrected chi connectivity index (χ2v) is 15.6. The standard InChI is InChI=1S/C44H58N14O7/c1-6-48-32(19-26(3)46)39-42(65-39)52-44-50-31-22-29(40(60)53-47)24-36(64-16-10-11-55-14-17-63-18-15-55)38(31)57(44)13-9-8-12-56-37-30(21-28(34(59)25-45)23-35(37)62-5)49-43(56)51-41(61)33-20-27(4)54-58(33)7-2/h8-9,19-24,39,42H,6-7,10-18,25,45-47H2,1-5H3,(H,50,52)(H,53,60)(H,49,51,61)/b9-8+,26-19-,48-32?. The second kappa shape index (κ2) is 20.9. The number of amides is 2. The molecule has 2 aliphatic rings. The molecule has 0 radical (unpaired) electrons. The molecule has 65 heavy (non-hydrogen) atoms. The number of ketones is 1. The maximum Gasteiger partial charge on any atom is 0.276 e. The van der Waals surface area contributed by atoms with E-state index in [4.69, 9.17) is 46.2 Å². The zero-order valence-electron chi connectivity index (χ0n) is 37.4. The molecule has 346 valence electrons. The molecule has 0 bridgehead atoms. The summed E-state index contributed by atoms with van der Waals surface area (Å²) in [6.07, 6.45) is 5.55. The van der Waals surface area contributed by atoms with Crippen molar-refractivity contribution in [3.63, 3.8) is 0 Å². The summed E-state index contributed by atoms with van der Waals surface area (Å²) in [5.74, 6) is 5.89. The minimum absolute atomic E-state index is 0.198. The van der Waals surface area contributed by atoms with Crippen molar-refractivity contribution >= 4 is 57.3 Å². The monoisotopic (exact) mass is 894 g/mol. The van der Waals surface area contributed by atoms with Crippen LogP contribution in [0.3, 0.4) is 0 Å². The number of carbonyl (C=O) groups excluding carboxylic acids is 3. The van der Waals surface area contributed by atoms with E-state index in [1.54, 1.807) is 52.6 Å². The van der Waals surface area contributed by atoms with Crippen molar-refractivity contribution in [2.24, 2.45) is 22.3 Å². The van der Waals surface area contributed by atoms with Gasteiger partial charge < -0.3 is 44.9 Å². The number of nitrogens with two attached hydrogens (primary N) is 3. The largest absolute Gasteiger partial charge is 0.494 e. The number of benzene rings is 2. The van der Waals surface area contributed by atoms with Crippen LogP contribution in [0.25, 0.3) is 22.1 Å². The number of imidazole rings is 2. The van der Waals surface area contributed by atoms with Gasteiger partial charge in [0.1, 0.15) is 34.3 Å². The molecule has 2 fully saturated rings. The lowest BCUT2D eigenvalue weighted by Crippen LogP contribution is -2.37. The van der Waals surface area contributed by atoms with Gasteiger partial charge in [-0.2, -0.15) is 5.10 Å². The van der Waals surface area contributed by atoms with Gasteiger partial charge in [-0.05, 0) is 70.5 Å². The molecule has 0 spiro atoms. The van der Waals surface area contributed by atoms with Crippen LogP contribution < -0.4 is 42.8 Å². The maximum absolute atomic E-state index is 13.8. The van der Waals surface area contributed by atoms with Gasteiger partial charge in [0, 0.05) is 62.6 Å². The van der Waals surface area contributed by atoms with Gasteiger partial charge in [-0.3, -0.25) is 39.7 Å². The molecule has 5 heterocycles. The van der Waals surface area contributed by atoms with Gasteiger partial charge in [0.05, 0.1) is 55.9 Å². The molecule has 2 aliphatic heterocycles. The molecule has 2 saturated heterocycles. The zero-order chi connectivity index (χ0) is 46.2. The maximum atomic E-state index is 13.8. The van der Waals surface area contributed by atoms with E-state index in [2.05, 4.69) is 31.1 Å². The Labute approximate surface area is 375 Å². The molecule has 9 N–H and O–H groups in total. The minimum atomic E-state index is -0.497. The number of anilines is 2. The number of fused-ring (bicyclic) bond motifs is 2. The van der Waals surface area contributed by atoms with Crippen LogP contribution >= 0.6 is 0 Å². The number of Topliss-reactive ketones (excluding diaryl/α,β-unsaturated/α-hetero) is 1. The summed E-state index contributed by atoms with van der Waals surface area (Å²) in [7, 11) is 1.50. The van der Waals surface area contributed by atoms with E-state index < -0.39 is 18.0 Å². The van der Waals surface area contributed by atoms with Crippen LogP contribution in [-0.4, -0.2) is 129 Å². The Hall–Kier alpha value is -6.65. The number of aromatic nitrogens is 6. The smallest absolute Gasteiger partial charge is 0.276 e. The van der Waals surface area contributed by atoms with Gasteiger partial charge in [0.2, 0.25) is 11.9 Å². The number of hydrogen-bond acceptors (Lipinski definition) is 16. The van der Waals surface area contributed by atoms with Crippen molar-refractivity contribution in [2.75, 3.05) is 70.3 Å². The van der Waals surface area contributed by atoms with Crippen LogP contribution in [0.2, 0.25) is 0 Å². The number of allylic oxidation sites excluding steroid dienone is 3. The normalized spacial score (nSPS) is 17.0. The summed E-state index contributed by atoms with van der Waals surface area (Å²) in [4.78, 5) is 56.1. The van der Waals surface area contributed by atoms with E-state index >= 15 is 0 Å². The molecule has 2 amide bonds. The highest BCUT2D eigenvalue weighted by molar-refractivity contribution is 6.05. The summed E-state index contributed by atoms with van der Waals surface area (Å²) < 4.78 is 29.2. The molecular weight excluding hydrogens is 837 g/mol. The first-order chi connectivity index (χ1) is 31.5. The Balaban J connectivity index is 1.25. The molecule has 2 unspecified atom stereocenters. The number of hydrazine groups is 1. The molecule has 3 aromatic heterocycles. The van der Waals surface area contributed by atoms with Gasteiger partial charge >= 0.3 is 0 Å². The summed E-state index contributed by atoms with van der Waals surface area (Å²) in [6, 6.07) is 8.28. The molecule has 2 atom stereocenters. The average molecular weight is 895 g/mol. The van der Waals surface area contributed by atoms with Crippen LogP contribution in [0, 0.1) is 6.92 Å². The van der Waals surface area contributed by atoms with Crippen LogP contribution in [0.15, 0.2) is 59.2 Å². The van der Waals surface area contributed by atoms with E-state index in [9.17, 15) is 14.4 Å². The lowest BCUT2D eigenvalue weighted by atomic mass is 10.1. The molecule has 7 rings (SSSR count). The fraction of sp³-hybridized carbons (Fsp3) is 0.432. The van der Waals surface area contributed by atoms with Crippen LogP contribution in [0.5, 0.6) is 11.5 Å². The number of nitrogens with one attached hydrogen (secondary N) is 3. The van der Waals surface area contributed by atoms with Crippen molar-refractivity contribution in [3.05, 3.63) is 76.8 Å².